The van der Waals surface area contributed by atoms with Crippen LogP contribution in [0.1, 0.15) is 37.3 Å². The molecule has 2 rings (SSSR count). The molecule has 4 heteroatoms. The molecule has 0 bridgehead atoms. The van der Waals surface area contributed by atoms with Crippen LogP contribution in [0.2, 0.25) is 0 Å². The maximum absolute atomic E-state index is 5.20. The van der Waals surface area contributed by atoms with Crippen LogP contribution in [-0.4, -0.2) is 10.2 Å². The van der Waals surface area contributed by atoms with Crippen LogP contribution < -0.4 is 11.3 Å². The first-order valence-corrected chi connectivity index (χ1v) is 4.70. The SMILES string of the molecule is NNc1ccc(C2CCCC2)nn1. The van der Waals surface area contributed by atoms with Crippen molar-refractivity contribution in [3.8, 4) is 0 Å². The highest BCUT2D eigenvalue weighted by Gasteiger charge is 2.18. The van der Waals surface area contributed by atoms with E-state index in [4.69, 9.17) is 5.84 Å². The van der Waals surface area contributed by atoms with Crippen LogP contribution >= 0.6 is 0 Å². The third-order valence-corrected chi connectivity index (χ3v) is 2.61. The standard InChI is InChI=1S/C9H14N4/c10-11-9-6-5-8(12-13-9)7-3-1-2-4-7/h5-7H,1-4,10H2,(H,11,13). The second kappa shape index (κ2) is 3.70. The zero-order chi connectivity index (χ0) is 9.10. The van der Waals surface area contributed by atoms with E-state index in [0.717, 1.165) is 5.69 Å². The molecule has 0 atom stereocenters. The van der Waals surface area contributed by atoms with Crippen LogP contribution in [0.3, 0.4) is 0 Å². The Labute approximate surface area is 77.5 Å². The van der Waals surface area contributed by atoms with Crippen molar-refractivity contribution in [1.29, 1.82) is 0 Å². The highest BCUT2D eigenvalue weighted by atomic mass is 15.3. The van der Waals surface area contributed by atoms with Gasteiger partial charge in [0.1, 0.15) is 0 Å². The van der Waals surface area contributed by atoms with Gasteiger partial charge >= 0.3 is 0 Å². The molecule has 1 fully saturated rings. The quantitative estimate of drug-likeness (QED) is 0.531. The monoisotopic (exact) mass is 178 g/mol. The van der Waals surface area contributed by atoms with Crippen molar-refractivity contribution in [3.63, 3.8) is 0 Å². The molecule has 3 N–H and O–H groups in total. The van der Waals surface area contributed by atoms with E-state index in [2.05, 4.69) is 15.6 Å². The van der Waals surface area contributed by atoms with Gasteiger partial charge in [0.2, 0.25) is 0 Å². The predicted octanol–water partition coefficient (Wildman–Crippen LogP) is 1.42. The second-order valence-electron chi connectivity index (χ2n) is 3.47. The molecule has 0 unspecified atom stereocenters. The minimum Gasteiger partial charge on any atom is -0.307 e. The highest BCUT2D eigenvalue weighted by Crippen LogP contribution is 2.32. The van der Waals surface area contributed by atoms with Crippen LogP contribution in [0.5, 0.6) is 0 Å². The first-order chi connectivity index (χ1) is 6.40. The van der Waals surface area contributed by atoms with Gasteiger partial charge in [-0.3, -0.25) is 0 Å². The Kier molecular flexibility index (Phi) is 2.40. The lowest BCUT2D eigenvalue weighted by atomic mass is 10.0. The largest absolute Gasteiger partial charge is 0.307 e. The van der Waals surface area contributed by atoms with Crippen molar-refractivity contribution in [1.82, 2.24) is 10.2 Å². The fraction of sp³-hybridized carbons (Fsp3) is 0.556. The molecule has 0 aliphatic heterocycles. The van der Waals surface area contributed by atoms with Crippen LogP contribution in [-0.2, 0) is 0 Å². The predicted molar refractivity (Wildman–Crippen MR) is 51.1 cm³/mol. The van der Waals surface area contributed by atoms with Crippen molar-refractivity contribution in [2.24, 2.45) is 5.84 Å². The number of hydrogen-bond acceptors (Lipinski definition) is 4. The van der Waals surface area contributed by atoms with E-state index in [9.17, 15) is 0 Å². The molecule has 0 aromatic carbocycles. The number of nitrogen functional groups attached to an aromatic ring is 1. The van der Waals surface area contributed by atoms with E-state index in [1.807, 2.05) is 12.1 Å². The molecule has 1 aliphatic rings. The summed E-state index contributed by atoms with van der Waals surface area (Å²) < 4.78 is 0. The third kappa shape index (κ3) is 1.78. The molecule has 13 heavy (non-hydrogen) atoms. The Hall–Kier alpha value is -1.16. The molecule has 1 aromatic rings. The molecule has 1 aromatic heterocycles. The number of hydrogen-bond donors (Lipinski definition) is 2. The van der Waals surface area contributed by atoms with Gasteiger partial charge in [-0.05, 0) is 25.0 Å². The molecule has 4 nitrogen and oxygen atoms in total. The van der Waals surface area contributed by atoms with Crippen molar-refractivity contribution < 1.29 is 0 Å². The van der Waals surface area contributed by atoms with E-state index in [-0.39, 0.29) is 0 Å². The number of anilines is 1. The minimum atomic E-state index is 0.624. The fourth-order valence-corrected chi connectivity index (χ4v) is 1.86. The van der Waals surface area contributed by atoms with Crippen molar-refractivity contribution in [3.05, 3.63) is 17.8 Å². The van der Waals surface area contributed by atoms with Crippen molar-refractivity contribution >= 4 is 5.82 Å². The van der Waals surface area contributed by atoms with Crippen LogP contribution in [0, 0.1) is 0 Å². The zero-order valence-corrected chi connectivity index (χ0v) is 7.53. The molecule has 0 amide bonds. The van der Waals surface area contributed by atoms with Gasteiger partial charge in [-0.15, -0.1) is 5.10 Å². The zero-order valence-electron chi connectivity index (χ0n) is 7.53. The first-order valence-electron chi connectivity index (χ1n) is 4.70. The van der Waals surface area contributed by atoms with Gasteiger partial charge in [0.15, 0.2) is 5.82 Å². The summed E-state index contributed by atoms with van der Waals surface area (Å²) in [5.74, 6) is 6.45. The van der Waals surface area contributed by atoms with Crippen LogP contribution in [0.15, 0.2) is 12.1 Å². The van der Waals surface area contributed by atoms with E-state index < -0.39 is 0 Å². The lowest BCUT2D eigenvalue weighted by Crippen LogP contribution is -2.10. The summed E-state index contributed by atoms with van der Waals surface area (Å²) in [6.45, 7) is 0. The number of nitrogens with zero attached hydrogens (tertiary/aromatic N) is 2. The molecule has 0 radical (unpaired) electrons. The van der Waals surface area contributed by atoms with E-state index in [0.29, 0.717) is 11.7 Å². The number of rotatable bonds is 2. The average molecular weight is 178 g/mol. The lowest BCUT2D eigenvalue weighted by Gasteiger charge is -2.07. The normalized spacial score (nSPS) is 17.6. The molecule has 0 spiro atoms. The molecule has 0 saturated heterocycles. The number of nitrogens with one attached hydrogen (secondary N) is 1. The van der Waals surface area contributed by atoms with E-state index in [1.54, 1.807) is 0 Å². The summed E-state index contributed by atoms with van der Waals surface area (Å²) in [6.07, 6.45) is 5.15. The molecule has 1 aliphatic carbocycles. The van der Waals surface area contributed by atoms with Crippen molar-refractivity contribution in [2.45, 2.75) is 31.6 Å². The summed E-state index contributed by atoms with van der Waals surface area (Å²) in [4.78, 5) is 0. The summed E-state index contributed by atoms with van der Waals surface area (Å²) in [6, 6.07) is 3.89. The topological polar surface area (TPSA) is 63.8 Å². The molecule has 1 saturated carbocycles. The van der Waals surface area contributed by atoms with Gasteiger partial charge in [0, 0.05) is 5.92 Å². The van der Waals surface area contributed by atoms with Gasteiger partial charge < -0.3 is 5.43 Å². The number of hydrazine groups is 1. The first kappa shape index (κ1) is 8.44. The van der Waals surface area contributed by atoms with Gasteiger partial charge in [-0.2, -0.15) is 5.10 Å². The molecule has 1 heterocycles. The van der Waals surface area contributed by atoms with Gasteiger partial charge in [-0.25, -0.2) is 5.84 Å². The number of nitrogens with two attached hydrogens (primary N) is 1. The van der Waals surface area contributed by atoms with E-state index in [1.165, 1.54) is 25.7 Å². The summed E-state index contributed by atoms with van der Waals surface area (Å²) in [5.41, 5.74) is 3.58. The Bertz CT molecular complexity index is 263. The smallest absolute Gasteiger partial charge is 0.162 e. The van der Waals surface area contributed by atoms with Crippen LogP contribution in [0.25, 0.3) is 0 Å². The Morgan fingerprint density at radius 3 is 2.54 bits per heavy atom. The average Bonchev–Trinajstić information content (AvgIpc) is 2.71. The van der Waals surface area contributed by atoms with Gasteiger partial charge in [0.25, 0.3) is 0 Å². The fourth-order valence-electron chi connectivity index (χ4n) is 1.86. The van der Waals surface area contributed by atoms with Gasteiger partial charge in [0.05, 0.1) is 5.69 Å². The molecular weight excluding hydrogens is 164 g/mol. The third-order valence-electron chi connectivity index (χ3n) is 2.61. The van der Waals surface area contributed by atoms with Gasteiger partial charge in [-0.1, -0.05) is 12.8 Å². The summed E-state index contributed by atoms with van der Waals surface area (Å²) in [5, 5.41) is 8.09. The molecular formula is C9H14N4. The number of aromatic nitrogens is 2. The van der Waals surface area contributed by atoms with E-state index >= 15 is 0 Å². The molecule has 70 valence electrons. The Balaban J connectivity index is 2.12. The van der Waals surface area contributed by atoms with Crippen molar-refractivity contribution in [2.75, 3.05) is 5.43 Å². The van der Waals surface area contributed by atoms with Crippen LogP contribution in [0.4, 0.5) is 5.82 Å². The lowest BCUT2D eigenvalue weighted by molar-refractivity contribution is 0.681. The summed E-state index contributed by atoms with van der Waals surface area (Å²) in [7, 11) is 0. The Morgan fingerprint density at radius 1 is 1.23 bits per heavy atom. The highest BCUT2D eigenvalue weighted by molar-refractivity contribution is 5.31. The second-order valence-corrected chi connectivity index (χ2v) is 3.47. The Morgan fingerprint density at radius 2 is 2.00 bits per heavy atom. The minimum absolute atomic E-state index is 0.624. The maximum Gasteiger partial charge on any atom is 0.162 e. The summed E-state index contributed by atoms with van der Waals surface area (Å²) >= 11 is 0. The maximum atomic E-state index is 5.20.